The van der Waals surface area contributed by atoms with Crippen molar-refractivity contribution in [3.63, 3.8) is 0 Å². The topological polar surface area (TPSA) is 35.3 Å². The average molecular weight is 391 g/mol. The second-order valence-corrected chi connectivity index (χ2v) is 9.00. The number of hydrogen-bond donors (Lipinski definition) is 0. The summed E-state index contributed by atoms with van der Waals surface area (Å²) in [6.07, 6.45) is 0.735. The van der Waals surface area contributed by atoms with E-state index < -0.39 is 20.1 Å². The highest BCUT2D eigenvalue weighted by atomic mass is 35.5. The van der Waals surface area contributed by atoms with Crippen molar-refractivity contribution in [2.45, 2.75) is 84.0 Å². The van der Waals surface area contributed by atoms with Crippen LogP contribution < -0.4 is 0 Å². The molecule has 0 rings (SSSR count). The lowest BCUT2D eigenvalue weighted by Crippen LogP contribution is -2.41. The summed E-state index contributed by atoms with van der Waals surface area (Å²) in [7, 11) is 4.67. The van der Waals surface area contributed by atoms with Gasteiger partial charge in [-0.25, -0.2) is 11.2 Å². The Morgan fingerprint density at radius 2 is 1.76 bits per heavy atom. The van der Waals surface area contributed by atoms with Crippen molar-refractivity contribution in [1.29, 1.82) is 0 Å². The molecule has 0 aromatic carbocycles. The number of ether oxygens (including phenoxy) is 1. The van der Waals surface area contributed by atoms with Crippen LogP contribution in [0.4, 0.5) is 0 Å². The highest BCUT2D eigenvalue weighted by molar-refractivity contribution is 7.44. The first-order valence-corrected chi connectivity index (χ1v) is 10.4. The SMILES string of the molecule is [B]C(O[C@](C)(CC)COP(OCC[N+]#[C-])N(C(C)C)C(C)C)[C@@H](C)Cl. The summed E-state index contributed by atoms with van der Waals surface area (Å²) in [5, 5.41) is -0.287. The van der Waals surface area contributed by atoms with Gasteiger partial charge >= 0.3 is 0 Å². The molecule has 4 atom stereocenters. The van der Waals surface area contributed by atoms with Crippen LogP contribution in [0.3, 0.4) is 0 Å². The van der Waals surface area contributed by atoms with Gasteiger partial charge in [0.2, 0.25) is 6.54 Å². The van der Waals surface area contributed by atoms with Gasteiger partial charge in [-0.15, -0.1) is 11.6 Å². The molecule has 144 valence electrons. The summed E-state index contributed by atoms with van der Waals surface area (Å²) in [4.78, 5) is 3.35. The molecule has 0 saturated carbocycles. The van der Waals surface area contributed by atoms with E-state index >= 15 is 0 Å². The van der Waals surface area contributed by atoms with Crippen LogP contribution in [0, 0.1) is 6.57 Å². The zero-order valence-corrected chi connectivity index (χ0v) is 18.3. The third-order valence-electron chi connectivity index (χ3n) is 3.75. The van der Waals surface area contributed by atoms with Crippen LogP contribution in [-0.2, 0) is 13.8 Å². The number of rotatable bonds is 13. The molecular formula is C17H33BClN2O3P. The van der Waals surface area contributed by atoms with E-state index in [0.29, 0.717) is 19.8 Å². The lowest BCUT2D eigenvalue weighted by atomic mass is 9.94. The van der Waals surface area contributed by atoms with E-state index in [1.165, 1.54) is 0 Å². The summed E-state index contributed by atoms with van der Waals surface area (Å²) in [5.74, 6) is 0. The normalized spacial score (nSPS) is 18.2. The zero-order chi connectivity index (χ0) is 19.6. The van der Waals surface area contributed by atoms with Gasteiger partial charge in [-0.3, -0.25) is 0 Å². The van der Waals surface area contributed by atoms with Crippen molar-refractivity contribution in [3.05, 3.63) is 11.4 Å². The van der Waals surface area contributed by atoms with Crippen LogP contribution in [0.1, 0.15) is 54.9 Å². The second-order valence-electron chi connectivity index (χ2n) is 6.86. The number of nitrogens with zero attached hydrogens (tertiary/aromatic N) is 2. The fourth-order valence-electron chi connectivity index (χ4n) is 2.14. The molecule has 0 N–H and O–H groups in total. The van der Waals surface area contributed by atoms with Crippen LogP contribution in [-0.4, -0.2) is 61.3 Å². The zero-order valence-electron chi connectivity index (χ0n) is 16.7. The summed E-state index contributed by atoms with van der Waals surface area (Å²) in [6, 6.07) is -0.0354. The third kappa shape index (κ3) is 9.56. The van der Waals surface area contributed by atoms with Crippen LogP contribution >= 0.6 is 20.1 Å². The van der Waals surface area contributed by atoms with E-state index in [9.17, 15) is 0 Å². The smallest absolute Gasteiger partial charge is 0.259 e. The molecule has 0 bridgehead atoms. The molecule has 2 unspecified atom stereocenters. The van der Waals surface area contributed by atoms with Gasteiger partial charge in [0.15, 0.2) is 0 Å². The van der Waals surface area contributed by atoms with E-state index in [0.717, 1.165) is 6.42 Å². The summed E-state index contributed by atoms with van der Waals surface area (Å²) >= 11 is 6.02. The van der Waals surface area contributed by atoms with Gasteiger partial charge in [0.25, 0.3) is 8.53 Å². The molecule has 5 nitrogen and oxygen atoms in total. The first-order chi connectivity index (χ1) is 11.6. The first-order valence-electron chi connectivity index (χ1n) is 8.82. The van der Waals surface area contributed by atoms with Crippen LogP contribution in [0.25, 0.3) is 4.85 Å². The van der Waals surface area contributed by atoms with Crippen molar-refractivity contribution in [3.8, 4) is 0 Å². The van der Waals surface area contributed by atoms with Crippen molar-refractivity contribution in [2.24, 2.45) is 0 Å². The molecular weight excluding hydrogens is 357 g/mol. The van der Waals surface area contributed by atoms with Gasteiger partial charge in [-0.2, -0.15) is 0 Å². The molecule has 0 spiro atoms. The maximum absolute atomic E-state index is 6.92. The largest absolute Gasteiger partial charge is 0.378 e. The maximum atomic E-state index is 6.92. The minimum atomic E-state index is -1.29. The van der Waals surface area contributed by atoms with E-state index in [1.807, 2.05) is 20.8 Å². The minimum absolute atomic E-state index is 0.262. The third-order valence-corrected chi connectivity index (χ3v) is 6.06. The van der Waals surface area contributed by atoms with E-state index in [-0.39, 0.29) is 17.5 Å². The Morgan fingerprint density at radius 3 is 2.16 bits per heavy atom. The molecule has 0 aliphatic heterocycles. The molecule has 0 aliphatic carbocycles. The molecule has 0 saturated heterocycles. The van der Waals surface area contributed by atoms with E-state index in [4.69, 9.17) is 39.8 Å². The van der Waals surface area contributed by atoms with Crippen LogP contribution in [0.15, 0.2) is 0 Å². The molecule has 0 aliphatic rings. The molecule has 25 heavy (non-hydrogen) atoms. The molecule has 0 aromatic heterocycles. The Bertz CT molecular complexity index is 402. The predicted octanol–water partition coefficient (Wildman–Crippen LogP) is 4.59. The lowest BCUT2D eigenvalue weighted by Gasteiger charge is -2.38. The van der Waals surface area contributed by atoms with Crippen LogP contribution in [0.5, 0.6) is 0 Å². The summed E-state index contributed by atoms with van der Waals surface area (Å²) in [5.41, 5.74) is -0.550. The molecule has 0 heterocycles. The van der Waals surface area contributed by atoms with Crippen molar-refractivity contribution >= 4 is 28.0 Å². The molecule has 8 heteroatoms. The Hall–Kier alpha value is 0.115. The molecule has 2 radical (unpaired) electrons. The van der Waals surface area contributed by atoms with Crippen molar-refractivity contribution in [2.75, 3.05) is 19.8 Å². The monoisotopic (exact) mass is 390 g/mol. The lowest BCUT2D eigenvalue weighted by molar-refractivity contribution is -0.0796. The Morgan fingerprint density at radius 1 is 1.20 bits per heavy atom. The fraction of sp³-hybridized carbons (Fsp3) is 0.941. The molecule has 0 fully saturated rings. The Kier molecular flexibility index (Phi) is 12.6. The second kappa shape index (κ2) is 12.5. The van der Waals surface area contributed by atoms with Gasteiger partial charge in [-0.1, -0.05) is 6.92 Å². The molecule has 0 aromatic rings. The van der Waals surface area contributed by atoms with E-state index in [2.05, 4.69) is 37.2 Å². The fourth-order valence-corrected chi connectivity index (χ4v) is 3.91. The van der Waals surface area contributed by atoms with Crippen molar-refractivity contribution < 1.29 is 13.8 Å². The van der Waals surface area contributed by atoms with Gasteiger partial charge in [0, 0.05) is 23.5 Å². The first kappa shape index (κ1) is 25.1. The molecule has 0 amide bonds. The van der Waals surface area contributed by atoms with Crippen molar-refractivity contribution in [1.82, 2.24) is 4.67 Å². The number of halogens is 1. The standard InChI is InChI=1S/C17H33BClN2O3P/c1-9-17(7,24-16(18)15(6)19)12-23-25(22-11-10-20-8)21(13(2)3)14(4)5/h13-16H,9-12H2,1-7H3/t15-,16?,17-,25?/m1/s1. The highest BCUT2D eigenvalue weighted by Crippen LogP contribution is 2.46. The number of hydrogen-bond acceptors (Lipinski definition) is 4. The Balaban J connectivity index is 5.05. The highest BCUT2D eigenvalue weighted by Gasteiger charge is 2.33. The Labute approximate surface area is 161 Å². The van der Waals surface area contributed by atoms with Gasteiger partial charge in [-0.05, 0) is 48.0 Å². The number of alkyl halides is 1. The van der Waals surface area contributed by atoms with Gasteiger partial charge in [0.1, 0.15) is 14.5 Å². The summed E-state index contributed by atoms with van der Waals surface area (Å²) in [6.45, 7) is 22.2. The minimum Gasteiger partial charge on any atom is -0.378 e. The predicted molar refractivity (Wildman–Crippen MR) is 107 cm³/mol. The summed E-state index contributed by atoms with van der Waals surface area (Å²) < 4.78 is 20.2. The quantitative estimate of drug-likeness (QED) is 0.151. The van der Waals surface area contributed by atoms with Crippen LogP contribution in [0.2, 0.25) is 0 Å². The van der Waals surface area contributed by atoms with E-state index in [1.54, 1.807) is 0 Å². The van der Waals surface area contributed by atoms with Gasteiger partial charge < -0.3 is 18.6 Å². The maximum Gasteiger partial charge on any atom is 0.259 e. The van der Waals surface area contributed by atoms with Gasteiger partial charge in [0.05, 0.1) is 12.2 Å². The average Bonchev–Trinajstić information content (AvgIpc) is 2.51.